The number of nitrogens with one attached hydrogen (secondary N) is 1. The van der Waals surface area contributed by atoms with Crippen molar-refractivity contribution in [2.24, 2.45) is 0 Å². The second-order valence-electron chi connectivity index (χ2n) is 4.91. The lowest BCUT2D eigenvalue weighted by atomic mass is 10.2. The molecule has 0 amide bonds. The molecule has 0 atom stereocenters. The average molecular weight is 294 g/mol. The third-order valence-corrected chi connectivity index (χ3v) is 3.72. The van der Waals surface area contributed by atoms with Crippen molar-refractivity contribution in [3.63, 3.8) is 0 Å². The Labute approximate surface area is 124 Å². The minimum atomic E-state index is 0.553. The van der Waals surface area contributed by atoms with Crippen LogP contribution in [0.15, 0.2) is 6.20 Å². The molecular formula is C14H20ClN5. The van der Waals surface area contributed by atoms with E-state index in [1.807, 2.05) is 13.8 Å². The molecule has 20 heavy (non-hydrogen) atoms. The summed E-state index contributed by atoms with van der Waals surface area (Å²) in [7, 11) is 0. The maximum absolute atomic E-state index is 6.04. The van der Waals surface area contributed by atoms with Crippen molar-refractivity contribution < 1.29 is 0 Å². The third kappa shape index (κ3) is 3.28. The summed E-state index contributed by atoms with van der Waals surface area (Å²) >= 11 is 6.04. The molecule has 0 aliphatic carbocycles. The van der Waals surface area contributed by atoms with E-state index in [2.05, 4.69) is 38.9 Å². The molecular weight excluding hydrogens is 274 g/mol. The van der Waals surface area contributed by atoms with Gasteiger partial charge in [-0.15, -0.1) is 0 Å². The maximum atomic E-state index is 6.04. The van der Waals surface area contributed by atoms with Crippen molar-refractivity contribution >= 4 is 17.4 Å². The van der Waals surface area contributed by atoms with E-state index in [0.717, 1.165) is 25.2 Å². The van der Waals surface area contributed by atoms with Gasteiger partial charge in [0.05, 0.1) is 11.9 Å². The monoisotopic (exact) mass is 293 g/mol. The van der Waals surface area contributed by atoms with Gasteiger partial charge in [0, 0.05) is 18.8 Å². The van der Waals surface area contributed by atoms with Crippen LogP contribution in [0, 0.1) is 27.7 Å². The van der Waals surface area contributed by atoms with Crippen molar-refractivity contribution in [2.75, 3.05) is 11.9 Å². The zero-order valence-corrected chi connectivity index (χ0v) is 13.1. The van der Waals surface area contributed by atoms with Crippen LogP contribution in [0.2, 0.25) is 5.02 Å². The van der Waals surface area contributed by atoms with E-state index in [1.54, 1.807) is 6.20 Å². The Bertz CT molecular complexity index is 606. The molecule has 0 unspecified atom stereocenters. The fourth-order valence-electron chi connectivity index (χ4n) is 2.02. The first-order chi connectivity index (χ1) is 9.49. The third-order valence-electron chi connectivity index (χ3n) is 3.45. The molecule has 0 radical (unpaired) electrons. The number of nitrogens with zero attached hydrogens (tertiary/aromatic N) is 4. The van der Waals surface area contributed by atoms with E-state index in [-0.39, 0.29) is 0 Å². The van der Waals surface area contributed by atoms with Crippen LogP contribution in [0.5, 0.6) is 0 Å². The molecule has 2 aromatic heterocycles. The first-order valence-electron chi connectivity index (χ1n) is 6.72. The fraction of sp³-hybridized carbons (Fsp3) is 0.500. The zero-order chi connectivity index (χ0) is 14.7. The van der Waals surface area contributed by atoms with Gasteiger partial charge >= 0.3 is 0 Å². The molecule has 108 valence electrons. The Hall–Kier alpha value is -1.62. The Balaban J connectivity index is 1.87. The molecule has 6 heteroatoms. The molecule has 0 fully saturated rings. The molecule has 0 saturated carbocycles. The van der Waals surface area contributed by atoms with Crippen LogP contribution in [0.25, 0.3) is 0 Å². The van der Waals surface area contributed by atoms with E-state index >= 15 is 0 Å². The van der Waals surface area contributed by atoms with E-state index in [1.165, 1.54) is 11.3 Å². The number of hydrogen-bond donors (Lipinski definition) is 1. The van der Waals surface area contributed by atoms with E-state index in [0.29, 0.717) is 16.7 Å². The molecule has 0 aliphatic rings. The summed E-state index contributed by atoms with van der Waals surface area (Å²) in [6.07, 6.45) is 2.58. The summed E-state index contributed by atoms with van der Waals surface area (Å²) in [4.78, 5) is 8.32. The van der Waals surface area contributed by atoms with Crippen molar-refractivity contribution in [1.29, 1.82) is 0 Å². The smallest absolute Gasteiger partial charge is 0.148 e. The van der Waals surface area contributed by atoms with Gasteiger partial charge < -0.3 is 5.32 Å². The lowest BCUT2D eigenvalue weighted by Crippen LogP contribution is -2.10. The molecule has 0 aliphatic heterocycles. The molecule has 0 bridgehead atoms. The SMILES string of the molecule is Cc1ncc(Cl)c(NCCCn2nc(C)c(C)c2C)n1. The molecule has 0 spiro atoms. The molecule has 2 heterocycles. The number of aryl methyl sites for hydroxylation is 3. The molecule has 1 N–H and O–H groups in total. The summed E-state index contributed by atoms with van der Waals surface area (Å²) in [5, 5.41) is 8.32. The first kappa shape index (κ1) is 14.8. The zero-order valence-electron chi connectivity index (χ0n) is 12.4. The van der Waals surface area contributed by atoms with Crippen LogP contribution in [0.1, 0.15) is 29.2 Å². The number of anilines is 1. The van der Waals surface area contributed by atoms with Gasteiger partial charge in [-0.05, 0) is 39.7 Å². The normalized spacial score (nSPS) is 10.8. The van der Waals surface area contributed by atoms with Gasteiger partial charge in [0.15, 0.2) is 0 Å². The highest BCUT2D eigenvalue weighted by atomic mass is 35.5. The predicted octanol–water partition coefficient (Wildman–Crippen LogP) is 3.06. The maximum Gasteiger partial charge on any atom is 0.148 e. The number of halogens is 1. The summed E-state index contributed by atoms with van der Waals surface area (Å²) in [5.74, 6) is 1.41. The Morgan fingerprint density at radius 2 is 2.00 bits per heavy atom. The minimum Gasteiger partial charge on any atom is -0.369 e. The summed E-state index contributed by atoms with van der Waals surface area (Å²) < 4.78 is 2.05. The number of hydrogen-bond acceptors (Lipinski definition) is 4. The van der Waals surface area contributed by atoms with Crippen LogP contribution < -0.4 is 5.32 Å². The highest BCUT2D eigenvalue weighted by molar-refractivity contribution is 6.32. The standard InChI is InChI=1S/C14H20ClN5/c1-9-10(2)19-20(11(9)3)7-5-6-16-14-13(15)8-17-12(4)18-14/h8H,5-7H2,1-4H3,(H,16,17,18). The highest BCUT2D eigenvalue weighted by Crippen LogP contribution is 2.17. The summed E-state index contributed by atoms with van der Waals surface area (Å²) in [6.45, 7) is 9.78. The van der Waals surface area contributed by atoms with E-state index in [9.17, 15) is 0 Å². The quantitative estimate of drug-likeness (QED) is 0.861. The first-order valence-corrected chi connectivity index (χ1v) is 7.10. The molecule has 0 aromatic carbocycles. The van der Waals surface area contributed by atoms with Crippen LogP contribution in [0.4, 0.5) is 5.82 Å². The molecule has 5 nitrogen and oxygen atoms in total. The van der Waals surface area contributed by atoms with Crippen molar-refractivity contribution in [3.8, 4) is 0 Å². The van der Waals surface area contributed by atoms with E-state index in [4.69, 9.17) is 11.6 Å². The van der Waals surface area contributed by atoms with Crippen LogP contribution in [-0.2, 0) is 6.54 Å². The van der Waals surface area contributed by atoms with Gasteiger partial charge in [-0.2, -0.15) is 5.10 Å². The highest BCUT2D eigenvalue weighted by Gasteiger charge is 2.07. The second kappa shape index (κ2) is 6.22. The van der Waals surface area contributed by atoms with Gasteiger partial charge in [-0.25, -0.2) is 9.97 Å². The number of rotatable bonds is 5. The number of aromatic nitrogens is 4. The van der Waals surface area contributed by atoms with Crippen molar-refractivity contribution in [3.05, 3.63) is 34.0 Å². The van der Waals surface area contributed by atoms with Gasteiger partial charge in [-0.3, -0.25) is 4.68 Å². The summed E-state index contributed by atoms with van der Waals surface area (Å²) in [6, 6.07) is 0. The fourth-order valence-corrected chi connectivity index (χ4v) is 2.18. The lowest BCUT2D eigenvalue weighted by Gasteiger charge is -2.08. The van der Waals surface area contributed by atoms with Crippen LogP contribution in [-0.4, -0.2) is 26.3 Å². The Morgan fingerprint density at radius 1 is 1.25 bits per heavy atom. The Morgan fingerprint density at radius 3 is 2.65 bits per heavy atom. The minimum absolute atomic E-state index is 0.553. The van der Waals surface area contributed by atoms with Gasteiger partial charge in [0.1, 0.15) is 16.7 Å². The molecule has 2 aromatic rings. The lowest BCUT2D eigenvalue weighted by molar-refractivity contribution is 0.573. The molecule has 2 rings (SSSR count). The van der Waals surface area contributed by atoms with Gasteiger partial charge in [0.2, 0.25) is 0 Å². The van der Waals surface area contributed by atoms with Crippen LogP contribution >= 0.6 is 11.6 Å². The van der Waals surface area contributed by atoms with E-state index < -0.39 is 0 Å². The topological polar surface area (TPSA) is 55.6 Å². The van der Waals surface area contributed by atoms with Crippen LogP contribution in [0.3, 0.4) is 0 Å². The predicted molar refractivity (Wildman–Crippen MR) is 81.3 cm³/mol. The largest absolute Gasteiger partial charge is 0.369 e. The average Bonchev–Trinajstić information content (AvgIpc) is 2.66. The van der Waals surface area contributed by atoms with Crippen molar-refractivity contribution in [2.45, 2.75) is 40.7 Å². The summed E-state index contributed by atoms with van der Waals surface area (Å²) in [5.41, 5.74) is 3.61. The Kier molecular flexibility index (Phi) is 4.60. The second-order valence-corrected chi connectivity index (χ2v) is 5.32. The van der Waals surface area contributed by atoms with Gasteiger partial charge in [0.25, 0.3) is 0 Å². The van der Waals surface area contributed by atoms with Gasteiger partial charge in [-0.1, -0.05) is 11.6 Å². The molecule has 0 saturated heterocycles. The van der Waals surface area contributed by atoms with Crippen molar-refractivity contribution in [1.82, 2.24) is 19.7 Å².